The second kappa shape index (κ2) is 7.74. The third-order valence-electron chi connectivity index (χ3n) is 4.67. The maximum Gasteiger partial charge on any atom is 0.308 e. The zero-order valence-electron chi connectivity index (χ0n) is 16.5. The molecule has 0 radical (unpaired) electrons. The fraction of sp³-hybridized carbons (Fsp3) is 0.0909. The number of nitrogens with zero attached hydrogens (tertiary/aromatic N) is 3. The Hall–Kier alpha value is -3.49. The fourth-order valence-electron chi connectivity index (χ4n) is 3.08. The standard InChI is InChI=1S/C22H20N4O3S/c1-25(2)30(28,29)26-15-20(16-8-4-3-5-9-16)24-21(26)13-12-18-14-17-10-6-7-11-19(17)22(27)23-18/h3-15H,1-2H3,(H,23,27)/b13-12+. The molecule has 0 fully saturated rings. The van der Waals surface area contributed by atoms with Crippen molar-refractivity contribution in [3.8, 4) is 11.3 Å². The van der Waals surface area contributed by atoms with Crippen LogP contribution in [0.4, 0.5) is 0 Å². The monoisotopic (exact) mass is 420 g/mol. The summed E-state index contributed by atoms with van der Waals surface area (Å²) in [6.45, 7) is 0. The van der Waals surface area contributed by atoms with E-state index in [9.17, 15) is 13.2 Å². The van der Waals surface area contributed by atoms with Gasteiger partial charge >= 0.3 is 10.2 Å². The summed E-state index contributed by atoms with van der Waals surface area (Å²) in [6.07, 6.45) is 4.72. The van der Waals surface area contributed by atoms with Gasteiger partial charge in [-0.2, -0.15) is 12.7 Å². The molecule has 7 nitrogen and oxygen atoms in total. The van der Waals surface area contributed by atoms with E-state index in [1.807, 2.05) is 48.5 Å². The van der Waals surface area contributed by atoms with Gasteiger partial charge in [-0.1, -0.05) is 48.5 Å². The molecule has 2 heterocycles. The summed E-state index contributed by atoms with van der Waals surface area (Å²) in [5.41, 5.74) is 1.69. The van der Waals surface area contributed by atoms with Gasteiger partial charge in [0.2, 0.25) is 0 Å². The summed E-state index contributed by atoms with van der Waals surface area (Å²) in [5, 5.41) is 1.40. The summed E-state index contributed by atoms with van der Waals surface area (Å²) in [5.74, 6) is 0.233. The summed E-state index contributed by atoms with van der Waals surface area (Å²) in [7, 11) is -0.849. The van der Waals surface area contributed by atoms with Crippen LogP contribution in [0.15, 0.2) is 71.7 Å². The molecule has 152 valence electrons. The Morgan fingerprint density at radius 2 is 1.70 bits per heavy atom. The van der Waals surface area contributed by atoms with E-state index in [0.29, 0.717) is 16.8 Å². The zero-order chi connectivity index (χ0) is 21.3. The van der Waals surface area contributed by atoms with Crippen LogP contribution in [0.1, 0.15) is 11.5 Å². The molecule has 0 atom stereocenters. The van der Waals surface area contributed by atoms with Crippen LogP contribution >= 0.6 is 0 Å². The Labute approximate surface area is 174 Å². The van der Waals surface area contributed by atoms with Crippen molar-refractivity contribution >= 4 is 33.1 Å². The summed E-state index contributed by atoms with van der Waals surface area (Å²) < 4.78 is 27.8. The number of H-pyrrole nitrogens is 1. The van der Waals surface area contributed by atoms with E-state index < -0.39 is 10.2 Å². The van der Waals surface area contributed by atoms with Gasteiger partial charge in [-0.15, -0.1) is 0 Å². The molecular weight excluding hydrogens is 400 g/mol. The molecule has 0 aliphatic carbocycles. The van der Waals surface area contributed by atoms with Crippen molar-refractivity contribution in [1.82, 2.24) is 18.2 Å². The van der Waals surface area contributed by atoms with E-state index in [-0.39, 0.29) is 11.4 Å². The van der Waals surface area contributed by atoms with Crippen LogP contribution in [0.25, 0.3) is 34.2 Å². The number of aromatic nitrogens is 3. The lowest BCUT2D eigenvalue weighted by Gasteiger charge is -2.12. The van der Waals surface area contributed by atoms with Gasteiger partial charge in [-0.3, -0.25) is 4.79 Å². The predicted octanol–water partition coefficient (Wildman–Crippen LogP) is 3.22. The topological polar surface area (TPSA) is 88.1 Å². The van der Waals surface area contributed by atoms with Gasteiger partial charge in [0, 0.05) is 30.7 Å². The van der Waals surface area contributed by atoms with Gasteiger partial charge in [-0.25, -0.2) is 8.96 Å². The number of nitrogens with one attached hydrogen (secondary N) is 1. The van der Waals surface area contributed by atoms with Crippen LogP contribution in [0.2, 0.25) is 0 Å². The lowest BCUT2D eigenvalue weighted by Crippen LogP contribution is -2.29. The average molecular weight is 420 g/mol. The quantitative estimate of drug-likeness (QED) is 0.537. The van der Waals surface area contributed by atoms with Crippen LogP contribution < -0.4 is 5.56 Å². The number of imidazole rings is 1. The van der Waals surface area contributed by atoms with Crippen LogP contribution in [0, 0.1) is 0 Å². The third kappa shape index (κ3) is 3.70. The molecule has 2 aromatic heterocycles. The number of hydrogen-bond donors (Lipinski definition) is 1. The fourth-order valence-corrected chi connectivity index (χ4v) is 4.01. The van der Waals surface area contributed by atoms with Crippen molar-refractivity contribution in [3.05, 3.63) is 88.7 Å². The SMILES string of the molecule is CN(C)S(=O)(=O)n1cc(-c2ccccc2)nc1/C=C/c1cc2ccccc2c(=O)[nH]1. The van der Waals surface area contributed by atoms with Gasteiger partial charge in [0.1, 0.15) is 5.82 Å². The van der Waals surface area contributed by atoms with Gasteiger partial charge in [-0.05, 0) is 29.7 Å². The maximum atomic E-state index is 12.8. The molecule has 30 heavy (non-hydrogen) atoms. The highest BCUT2D eigenvalue weighted by atomic mass is 32.2. The molecule has 0 saturated heterocycles. The molecule has 0 saturated carbocycles. The van der Waals surface area contributed by atoms with E-state index in [2.05, 4.69) is 9.97 Å². The Morgan fingerprint density at radius 3 is 2.43 bits per heavy atom. The summed E-state index contributed by atoms with van der Waals surface area (Å²) in [4.78, 5) is 19.6. The molecule has 0 spiro atoms. The first-order valence-electron chi connectivity index (χ1n) is 9.24. The smallest absolute Gasteiger partial charge is 0.308 e. The average Bonchev–Trinajstić information content (AvgIpc) is 3.18. The predicted molar refractivity (Wildman–Crippen MR) is 119 cm³/mol. The molecule has 4 aromatic rings. The minimum atomic E-state index is -3.78. The molecule has 8 heteroatoms. The van der Waals surface area contributed by atoms with E-state index in [1.54, 1.807) is 24.3 Å². The Morgan fingerprint density at radius 1 is 1.00 bits per heavy atom. The van der Waals surface area contributed by atoms with E-state index >= 15 is 0 Å². The highest BCUT2D eigenvalue weighted by Crippen LogP contribution is 2.22. The number of hydrogen-bond acceptors (Lipinski definition) is 4. The third-order valence-corrected chi connectivity index (χ3v) is 6.38. The normalized spacial score (nSPS) is 12.2. The minimum absolute atomic E-state index is 0.207. The summed E-state index contributed by atoms with van der Waals surface area (Å²) >= 11 is 0. The first kappa shape index (κ1) is 19.8. The molecule has 2 aromatic carbocycles. The number of pyridine rings is 1. The number of fused-ring (bicyclic) bond motifs is 1. The highest BCUT2D eigenvalue weighted by Gasteiger charge is 2.21. The van der Waals surface area contributed by atoms with Crippen molar-refractivity contribution < 1.29 is 8.42 Å². The van der Waals surface area contributed by atoms with Crippen LogP contribution in [-0.2, 0) is 10.2 Å². The maximum absolute atomic E-state index is 12.8. The zero-order valence-corrected chi connectivity index (χ0v) is 17.3. The molecule has 1 N–H and O–H groups in total. The number of benzene rings is 2. The molecule has 0 aliphatic rings. The van der Waals surface area contributed by atoms with Crippen LogP contribution in [-0.4, -0.2) is 40.8 Å². The Balaban J connectivity index is 1.82. The lowest BCUT2D eigenvalue weighted by atomic mass is 10.1. The summed E-state index contributed by atoms with van der Waals surface area (Å²) in [6, 6.07) is 18.4. The van der Waals surface area contributed by atoms with Gasteiger partial charge < -0.3 is 4.98 Å². The molecule has 0 bridgehead atoms. The Bertz CT molecular complexity index is 1400. The van der Waals surface area contributed by atoms with Crippen molar-refractivity contribution in [2.24, 2.45) is 0 Å². The first-order valence-corrected chi connectivity index (χ1v) is 10.6. The highest BCUT2D eigenvalue weighted by molar-refractivity contribution is 7.87. The molecule has 0 aliphatic heterocycles. The Kier molecular flexibility index (Phi) is 5.11. The van der Waals surface area contributed by atoms with E-state index in [1.165, 1.54) is 20.3 Å². The largest absolute Gasteiger partial charge is 0.322 e. The van der Waals surface area contributed by atoms with Crippen molar-refractivity contribution in [2.45, 2.75) is 0 Å². The van der Waals surface area contributed by atoms with Crippen molar-refractivity contribution in [2.75, 3.05) is 14.1 Å². The molecule has 0 amide bonds. The number of aromatic amines is 1. The minimum Gasteiger partial charge on any atom is -0.322 e. The van der Waals surface area contributed by atoms with Gasteiger partial charge in [0.25, 0.3) is 5.56 Å². The van der Waals surface area contributed by atoms with Gasteiger partial charge in [0.15, 0.2) is 0 Å². The second-order valence-corrected chi connectivity index (χ2v) is 8.93. The van der Waals surface area contributed by atoms with Crippen molar-refractivity contribution in [3.63, 3.8) is 0 Å². The molecule has 4 rings (SSSR count). The first-order chi connectivity index (χ1) is 14.4. The lowest BCUT2D eigenvalue weighted by molar-refractivity contribution is 0.510. The number of rotatable bonds is 5. The van der Waals surface area contributed by atoms with Crippen LogP contribution in [0.3, 0.4) is 0 Å². The second-order valence-electron chi connectivity index (χ2n) is 6.91. The van der Waals surface area contributed by atoms with E-state index in [4.69, 9.17) is 0 Å². The van der Waals surface area contributed by atoms with Gasteiger partial charge in [0.05, 0.1) is 11.9 Å². The van der Waals surface area contributed by atoms with Crippen LogP contribution in [0.5, 0.6) is 0 Å². The van der Waals surface area contributed by atoms with Crippen molar-refractivity contribution in [1.29, 1.82) is 0 Å². The van der Waals surface area contributed by atoms with E-state index in [0.717, 1.165) is 19.2 Å². The molecule has 0 unspecified atom stereocenters. The molecular formula is C22H20N4O3S.